The SMILES string of the molecule is CCC(C)NC(=O)c1ccc(NC(=O)c2cncn2-c2ccccc2)cc1. The molecule has 6 nitrogen and oxygen atoms in total. The van der Waals surface area contributed by atoms with Gasteiger partial charge in [-0.2, -0.15) is 0 Å². The molecule has 0 fully saturated rings. The van der Waals surface area contributed by atoms with Gasteiger partial charge in [0, 0.05) is 23.0 Å². The van der Waals surface area contributed by atoms with E-state index in [-0.39, 0.29) is 17.9 Å². The monoisotopic (exact) mass is 362 g/mol. The van der Waals surface area contributed by atoms with E-state index in [1.165, 1.54) is 6.20 Å². The average Bonchev–Trinajstić information content (AvgIpc) is 3.19. The fourth-order valence-corrected chi connectivity index (χ4v) is 2.57. The van der Waals surface area contributed by atoms with Crippen molar-refractivity contribution in [3.8, 4) is 5.69 Å². The molecule has 2 amide bonds. The fourth-order valence-electron chi connectivity index (χ4n) is 2.57. The second-order valence-electron chi connectivity index (χ2n) is 6.30. The quantitative estimate of drug-likeness (QED) is 0.703. The zero-order valence-corrected chi connectivity index (χ0v) is 15.3. The van der Waals surface area contributed by atoms with Crippen LogP contribution < -0.4 is 10.6 Å². The summed E-state index contributed by atoms with van der Waals surface area (Å²) < 4.78 is 1.73. The molecule has 2 aromatic carbocycles. The maximum Gasteiger partial charge on any atom is 0.274 e. The third kappa shape index (κ3) is 4.41. The number of anilines is 1. The fraction of sp³-hybridized carbons (Fsp3) is 0.190. The minimum Gasteiger partial charge on any atom is -0.350 e. The molecule has 138 valence electrons. The van der Waals surface area contributed by atoms with Gasteiger partial charge in [-0.1, -0.05) is 25.1 Å². The Hall–Kier alpha value is -3.41. The summed E-state index contributed by atoms with van der Waals surface area (Å²) in [7, 11) is 0. The molecule has 27 heavy (non-hydrogen) atoms. The zero-order valence-electron chi connectivity index (χ0n) is 15.3. The highest BCUT2D eigenvalue weighted by Crippen LogP contribution is 2.15. The Morgan fingerprint density at radius 2 is 1.74 bits per heavy atom. The van der Waals surface area contributed by atoms with E-state index < -0.39 is 0 Å². The van der Waals surface area contributed by atoms with Crippen LogP contribution in [0.2, 0.25) is 0 Å². The van der Waals surface area contributed by atoms with Gasteiger partial charge in [0.25, 0.3) is 11.8 Å². The van der Waals surface area contributed by atoms with Crippen LogP contribution in [-0.4, -0.2) is 27.4 Å². The first-order valence-corrected chi connectivity index (χ1v) is 8.88. The molecule has 0 spiro atoms. The molecule has 0 bridgehead atoms. The average molecular weight is 362 g/mol. The van der Waals surface area contributed by atoms with Crippen LogP contribution in [0.3, 0.4) is 0 Å². The maximum absolute atomic E-state index is 12.6. The summed E-state index contributed by atoms with van der Waals surface area (Å²) >= 11 is 0. The molecule has 0 aliphatic heterocycles. The molecule has 6 heteroatoms. The van der Waals surface area contributed by atoms with Crippen molar-refractivity contribution in [3.05, 3.63) is 78.4 Å². The Morgan fingerprint density at radius 3 is 2.41 bits per heavy atom. The summed E-state index contributed by atoms with van der Waals surface area (Å²) in [6.07, 6.45) is 4.00. The summed E-state index contributed by atoms with van der Waals surface area (Å²) in [5, 5.41) is 5.76. The van der Waals surface area contributed by atoms with Crippen LogP contribution in [0.15, 0.2) is 67.1 Å². The van der Waals surface area contributed by atoms with Crippen molar-refractivity contribution < 1.29 is 9.59 Å². The van der Waals surface area contributed by atoms with Crippen LogP contribution in [0.4, 0.5) is 5.69 Å². The van der Waals surface area contributed by atoms with Crippen molar-refractivity contribution in [1.82, 2.24) is 14.9 Å². The molecular weight excluding hydrogens is 340 g/mol. The number of para-hydroxylation sites is 1. The van der Waals surface area contributed by atoms with E-state index >= 15 is 0 Å². The number of aromatic nitrogens is 2. The zero-order chi connectivity index (χ0) is 19.2. The second-order valence-corrected chi connectivity index (χ2v) is 6.30. The van der Waals surface area contributed by atoms with Crippen molar-refractivity contribution in [2.45, 2.75) is 26.3 Å². The molecule has 1 atom stereocenters. The molecule has 3 aromatic rings. The molecule has 1 unspecified atom stereocenters. The van der Waals surface area contributed by atoms with Crippen LogP contribution >= 0.6 is 0 Å². The highest BCUT2D eigenvalue weighted by Gasteiger charge is 2.14. The molecule has 2 N–H and O–H groups in total. The number of carbonyl (C=O) groups excluding carboxylic acids is 2. The van der Waals surface area contributed by atoms with E-state index in [4.69, 9.17) is 0 Å². The van der Waals surface area contributed by atoms with Crippen molar-refractivity contribution in [2.24, 2.45) is 0 Å². The maximum atomic E-state index is 12.6. The molecule has 3 rings (SSSR count). The van der Waals surface area contributed by atoms with E-state index in [0.717, 1.165) is 12.1 Å². The van der Waals surface area contributed by atoms with E-state index in [2.05, 4.69) is 15.6 Å². The van der Waals surface area contributed by atoms with E-state index in [0.29, 0.717) is 16.9 Å². The van der Waals surface area contributed by atoms with Gasteiger partial charge in [-0.15, -0.1) is 0 Å². The van der Waals surface area contributed by atoms with Gasteiger partial charge >= 0.3 is 0 Å². The lowest BCUT2D eigenvalue weighted by atomic mass is 10.1. The first kappa shape index (κ1) is 18.4. The summed E-state index contributed by atoms with van der Waals surface area (Å²) in [6.45, 7) is 3.98. The predicted octanol–water partition coefficient (Wildman–Crippen LogP) is 3.65. The summed E-state index contributed by atoms with van der Waals surface area (Å²) in [6, 6.07) is 16.5. The van der Waals surface area contributed by atoms with Crippen molar-refractivity contribution in [3.63, 3.8) is 0 Å². The largest absolute Gasteiger partial charge is 0.350 e. The van der Waals surface area contributed by atoms with E-state index in [1.54, 1.807) is 35.2 Å². The van der Waals surface area contributed by atoms with Crippen molar-refractivity contribution in [2.75, 3.05) is 5.32 Å². The summed E-state index contributed by atoms with van der Waals surface area (Å²) in [5.74, 6) is -0.391. The number of carbonyl (C=O) groups is 2. The number of nitrogens with zero attached hydrogens (tertiary/aromatic N) is 2. The van der Waals surface area contributed by atoms with Gasteiger partial charge in [0.2, 0.25) is 0 Å². The third-order valence-corrected chi connectivity index (χ3v) is 4.30. The van der Waals surface area contributed by atoms with Gasteiger partial charge in [-0.25, -0.2) is 4.98 Å². The Morgan fingerprint density at radius 1 is 1.04 bits per heavy atom. The Kier molecular flexibility index (Phi) is 5.66. The Bertz CT molecular complexity index is 917. The molecule has 1 aromatic heterocycles. The van der Waals surface area contributed by atoms with Crippen LogP contribution in [-0.2, 0) is 0 Å². The predicted molar refractivity (Wildman–Crippen MR) is 105 cm³/mol. The van der Waals surface area contributed by atoms with E-state index in [9.17, 15) is 9.59 Å². The lowest BCUT2D eigenvalue weighted by Gasteiger charge is -2.12. The molecule has 0 radical (unpaired) electrons. The molecule has 0 saturated heterocycles. The Balaban J connectivity index is 1.71. The van der Waals surface area contributed by atoms with Gasteiger partial charge in [0.05, 0.1) is 12.5 Å². The number of amides is 2. The number of nitrogens with one attached hydrogen (secondary N) is 2. The van der Waals surface area contributed by atoms with Gasteiger partial charge < -0.3 is 10.6 Å². The highest BCUT2D eigenvalue weighted by molar-refractivity contribution is 6.03. The third-order valence-electron chi connectivity index (χ3n) is 4.30. The van der Waals surface area contributed by atoms with E-state index in [1.807, 2.05) is 44.2 Å². The second kappa shape index (κ2) is 8.31. The van der Waals surface area contributed by atoms with Crippen LogP contribution in [0.1, 0.15) is 41.1 Å². The van der Waals surface area contributed by atoms with Crippen molar-refractivity contribution >= 4 is 17.5 Å². The van der Waals surface area contributed by atoms with Gasteiger partial charge in [-0.05, 0) is 49.7 Å². The van der Waals surface area contributed by atoms with Gasteiger partial charge in [0.15, 0.2) is 0 Å². The first-order valence-electron chi connectivity index (χ1n) is 8.88. The standard InChI is InChI=1S/C21H22N4O2/c1-3-15(2)23-20(26)16-9-11-17(12-10-16)24-21(27)19-13-22-14-25(19)18-7-5-4-6-8-18/h4-15H,3H2,1-2H3,(H,23,26)(H,24,27). The molecule has 0 aliphatic rings. The number of hydrogen-bond acceptors (Lipinski definition) is 3. The first-order chi connectivity index (χ1) is 13.1. The smallest absolute Gasteiger partial charge is 0.274 e. The number of hydrogen-bond donors (Lipinski definition) is 2. The lowest BCUT2D eigenvalue weighted by Crippen LogP contribution is -2.31. The highest BCUT2D eigenvalue weighted by atomic mass is 16.2. The van der Waals surface area contributed by atoms with Crippen LogP contribution in [0.25, 0.3) is 5.69 Å². The summed E-state index contributed by atoms with van der Waals surface area (Å²) in [4.78, 5) is 28.8. The minimum absolute atomic E-state index is 0.121. The molecule has 0 saturated carbocycles. The van der Waals surface area contributed by atoms with Crippen molar-refractivity contribution in [1.29, 1.82) is 0 Å². The number of benzene rings is 2. The normalized spacial score (nSPS) is 11.6. The molecule has 0 aliphatic carbocycles. The molecular formula is C21H22N4O2. The Labute approximate surface area is 158 Å². The molecule has 1 heterocycles. The van der Waals surface area contributed by atoms with Gasteiger partial charge in [-0.3, -0.25) is 14.2 Å². The number of rotatable bonds is 6. The lowest BCUT2D eigenvalue weighted by molar-refractivity contribution is 0.0938. The topological polar surface area (TPSA) is 76.0 Å². The minimum atomic E-state index is -0.270. The van der Waals surface area contributed by atoms with Gasteiger partial charge in [0.1, 0.15) is 5.69 Å². The summed E-state index contributed by atoms with van der Waals surface area (Å²) in [5.41, 5.74) is 2.46. The van der Waals surface area contributed by atoms with Crippen LogP contribution in [0, 0.1) is 0 Å². The van der Waals surface area contributed by atoms with Crippen LogP contribution in [0.5, 0.6) is 0 Å². The number of imidazole rings is 1.